The minimum Gasteiger partial charge on any atom is -0.463 e. The van der Waals surface area contributed by atoms with E-state index in [1.54, 1.807) is 26.2 Å². The SMILES string of the molecule is COC(=O)c1ncn(-c2ccnc(C(=O)N(C)C)c2)n1. The topological polar surface area (TPSA) is 90.2 Å². The van der Waals surface area contributed by atoms with Crippen molar-refractivity contribution in [2.75, 3.05) is 21.2 Å². The maximum atomic E-state index is 11.8. The Kier molecular flexibility index (Phi) is 3.74. The van der Waals surface area contributed by atoms with Crippen LogP contribution in [0.15, 0.2) is 24.7 Å². The summed E-state index contributed by atoms with van der Waals surface area (Å²) >= 11 is 0. The van der Waals surface area contributed by atoms with Crippen LogP contribution in [0, 0.1) is 0 Å². The van der Waals surface area contributed by atoms with Crippen molar-refractivity contribution in [3.63, 3.8) is 0 Å². The van der Waals surface area contributed by atoms with Gasteiger partial charge in [0, 0.05) is 20.3 Å². The number of pyridine rings is 1. The lowest BCUT2D eigenvalue weighted by atomic mass is 10.3. The largest absolute Gasteiger partial charge is 0.463 e. The molecule has 0 spiro atoms. The van der Waals surface area contributed by atoms with Crippen molar-refractivity contribution >= 4 is 11.9 Å². The number of hydrogen-bond donors (Lipinski definition) is 0. The second-order valence-electron chi connectivity index (χ2n) is 4.10. The van der Waals surface area contributed by atoms with Crippen molar-refractivity contribution in [2.45, 2.75) is 0 Å². The zero-order chi connectivity index (χ0) is 14.7. The molecule has 0 radical (unpaired) electrons. The third kappa shape index (κ3) is 2.63. The Hall–Kier alpha value is -2.77. The highest BCUT2D eigenvalue weighted by Crippen LogP contribution is 2.08. The van der Waals surface area contributed by atoms with E-state index in [9.17, 15) is 9.59 Å². The van der Waals surface area contributed by atoms with Crippen LogP contribution in [0.5, 0.6) is 0 Å². The van der Waals surface area contributed by atoms with Gasteiger partial charge in [0.05, 0.1) is 12.8 Å². The molecule has 0 aliphatic carbocycles. The number of carbonyl (C=O) groups is 2. The highest BCUT2D eigenvalue weighted by atomic mass is 16.5. The minimum atomic E-state index is -0.623. The molecule has 2 aromatic rings. The van der Waals surface area contributed by atoms with Gasteiger partial charge in [-0.15, -0.1) is 5.10 Å². The molecule has 1 amide bonds. The van der Waals surface area contributed by atoms with Gasteiger partial charge in [-0.1, -0.05) is 0 Å². The van der Waals surface area contributed by atoms with Gasteiger partial charge in [0.15, 0.2) is 0 Å². The third-order valence-corrected chi connectivity index (χ3v) is 2.49. The van der Waals surface area contributed by atoms with Crippen LogP contribution >= 0.6 is 0 Å². The molecule has 2 heterocycles. The molecule has 0 fully saturated rings. The van der Waals surface area contributed by atoms with Gasteiger partial charge >= 0.3 is 5.97 Å². The van der Waals surface area contributed by atoms with E-state index in [1.165, 1.54) is 29.2 Å². The van der Waals surface area contributed by atoms with Gasteiger partial charge in [-0.2, -0.15) is 0 Å². The van der Waals surface area contributed by atoms with Crippen molar-refractivity contribution < 1.29 is 14.3 Å². The third-order valence-electron chi connectivity index (χ3n) is 2.49. The zero-order valence-electron chi connectivity index (χ0n) is 11.3. The molecule has 2 rings (SSSR count). The van der Waals surface area contributed by atoms with Crippen LogP contribution in [0.2, 0.25) is 0 Å². The average Bonchev–Trinajstić information content (AvgIpc) is 2.95. The van der Waals surface area contributed by atoms with Gasteiger partial charge in [-0.3, -0.25) is 9.78 Å². The first kappa shape index (κ1) is 13.7. The Morgan fingerprint density at radius 3 is 2.70 bits per heavy atom. The number of esters is 1. The molecular weight excluding hydrogens is 262 g/mol. The summed E-state index contributed by atoms with van der Waals surface area (Å²) in [5.74, 6) is -0.896. The van der Waals surface area contributed by atoms with E-state index in [-0.39, 0.29) is 17.4 Å². The Labute approximate surface area is 115 Å². The predicted octanol–water partition coefficient (Wildman–Crippen LogP) is 0.151. The van der Waals surface area contributed by atoms with Crippen LogP contribution in [0.1, 0.15) is 21.1 Å². The molecule has 0 aliphatic heterocycles. The molecular formula is C12H13N5O3. The highest BCUT2D eigenvalue weighted by Gasteiger charge is 2.14. The van der Waals surface area contributed by atoms with Crippen molar-refractivity contribution in [1.29, 1.82) is 0 Å². The summed E-state index contributed by atoms with van der Waals surface area (Å²) in [5, 5.41) is 3.97. The Balaban J connectivity index is 2.34. The molecule has 0 aliphatic rings. The Morgan fingerprint density at radius 1 is 1.30 bits per heavy atom. The van der Waals surface area contributed by atoms with Gasteiger partial charge in [0.25, 0.3) is 11.7 Å². The number of hydrogen-bond acceptors (Lipinski definition) is 6. The lowest BCUT2D eigenvalue weighted by molar-refractivity contribution is 0.0586. The Morgan fingerprint density at radius 2 is 2.05 bits per heavy atom. The van der Waals surface area contributed by atoms with E-state index in [0.717, 1.165) is 0 Å². The van der Waals surface area contributed by atoms with E-state index in [1.807, 2.05) is 0 Å². The highest BCUT2D eigenvalue weighted by molar-refractivity contribution is 5.92. The zero-order valence-corrected chi connectivity index (χ0v) is 11.3. The maximum absolute atomic E-state index is 11.8. The van der Waals surface area contributed by atoms with Gasteiger partial charge in [-0.05, 0) is 12.1 Å². The van der Waals surface area contributed by atoms with Gasteiger partial charge < -0.3 is 9.64 Å². The first-order valence-corrected chi connectivity index (χ1v) is 5.71. The van der Waals surface area contributed by atoms with E-state index < -0.39 is 5.97 Å². The second-order valence-corrected chi connectivity index (χ2v) is 4.10. The molecule has 20 heavy (non-hydrogen) atoms. The van der Waals surface area contributed by atoms with E-state index in [2.05, 4.69) is 19.8 Å². The standard InChI is InChI=1S/C12H13N5O3/c1-16(2)11(18)9-6-8(4-5-13-9)17-7-14-10(15-17)12(19)20-3/h4-7H,1-3H3. The molecule has 0 atom stereocenters. The molecule has 0 bridgehead atoms. The van der Waals surface area contributed by atoms with Crippen LogP contribution < -0.4 is 0 Å². The summed E-state index contributed by atoms with van der Waals surface area (Å²) in [6.45, 7) is 0. The molecule has 2 aromatic heterocycles. The van der Waals surface area contributed by atoms with Crippen LogP contribution in [-0.2, 0) is 4.74 Å². The lowest BCUT2D eigenvalue weighted by Crippen LogP contribution is -2.22. The summed E-state index contributed by atoms with van der Waals surface area (Å²) in [6, 6.07) is 3.22. The fourth-order valence-corrected chi connectivity index (χ4v) is 1.48. The summed E-state index contributed by atoms with van der Waals surface area (Å²) in [6.07, 6.45) is 2.86. The smallest absolute Gasteiger partial charge is 0.377 e. The van der Waals surface area contributed by atoms with E-state index in [0.29, 0.717) is 5.69 Å². The number of nitrogens with zero attached hydrogens (tertiary/aromatic N) is 5. The normalized spacial score (nSPS) is 10.2. The fourth-order valence-electron chi connectivity index (χ4n) is 1.48. The quantitative estimate of drug-likeness (QED) is 0.741. The number of ether oxygens (including phenoxy) is 1. The monoisotopic (exact) mass is 275 g/mol. The summed E-state index contributed by atoms with van der Waals surface area (Å²) in [4.78, 5) is 32.4. The van der Waals surface area contributed by atoms with Crippen LogP contribution in [-0.4, -0.2) is 57.7 Å². The van der Waals surface area contributed by atoms with Crippen molar-refractivity contribution in [1.82, 2.24) is 24.6 Å². The van der Waals surface area contributed by atoms with Gasteiger partial charge in [0.2, 0.25) is 0 Å². The number of rotatable bonds is 3. The molecule has 104 valence electrons. The number of amides is 1. The molecule has 0 saturated carbocycles. The van der Waals surface area contributed by atoms with Crippen molar-refractivity contribution in [3.05, 3.63) is 36.2 Å². The predicted molar refractivity (Wildman–Crippen MR) is 68.5 cm³/mol. The number of aromatic nitrogens is 4. The van der Waals surface area contributed by atoms with Crippen LogP contribution in [0.3, 0.4) is 0 Å². The minimum absolute atomic E-state index is 0.0511. The molecule has 0 saturated heterocycles. The first-order chi connectivity index (χ1) is 9.52. The molecule has 0 aromatic carbocycles. The summed E-state index contributed by atoms with van der Waals surface area (Å²) in [5.41, 5.74) is 0.857. The van der Waals surface area contributed by atoms with Crippen LogP contribution in [0.4, 0.5) is 0 Å². The van der Waals surface area contributed by atoms with E-state index in [4.69, 9.17) is 0 Å². The van der Waals surface area contributed by atoms with Gasteiger partial charge in [0.1, 0.15) is 12.0 Å². The molecule has 8 heteroatoms. The van der Waals surface area contributed by atoms with Crippen LogP contribution in [0.25, 0.3) is 5.69 Å². The van der Waals surface area contributed by atoms with Crippen molar-refractivity contribution in [3.8, 4) is 5.69 Å². The lowest BCUT2D eigenvalue weighted by Gasteiger charge is -2.09. The second kappa shape index (κ2) is 5.47. The Bertz CT molecular complexity index is 650. The maximum Gasteiger partial charge on any atom is 0.377 e. The number of carbonyl (C=O) groups excluding carboxylic acids is 2. The molecule has 8 nitrogen and oxygen atoms in total. The first-order valence-electron chi connectivity index (χ1n) is 5.71. The molecule has 0 N–H and O–H groups in total. The van der Waals surface area contributed by atoms with Gasteiger partial charge in [-0.25, -0.2) is 14.5 Å². The average molecular weight is 275 g/mol. The molecule has 0 unspecified atom stereocenters. The summed E-state index contributed by atoms with van der Waals surface area (Å²) < 4.78 is 5.90. The van der Waals surface area contributed by atoms with E-state index >= 15 is 0 Å². The number of methoxy groups -OCH3 is 1. The van der Waals surface area contributed by atoms with Crippen molar-refractivity contribution in [2.24, 2.45) is 0 Å². The summed E-state index contributed by atoms with van der Waals surface area (Å²) in [7, 11) is 4.53. The fraction of sp³-hybridized carbons (Fsp3) is 0.250.